The lowest BCUT2D eigenvalue weighted by Gasteiger charge is -2.25. The van der Waals surface area contributed by atoms with E-state index in [2.05, 4.69) is 5.32 Å². The summed E-state index contributed by atoms with van der Waals surface area (Å²) in [6.07, 6.45) is 0.256. The number of hydrogen-bond donors (Lipinski definition) is 1. The summed E-state index contributed by atoms with van der Waals surface area (Å²) in [5, 5.41) is 2.92. The van der Waals surface area contributed by atoms with Gasteiger partial charge in [0.25, 0.3) is 11.8 Å². The van der Waals surface area contributed by atoms with E-state index in [-0.39, 0.29) is 12.3 Å². The lowest BCUT2D eigenvalue weighted by molar-refractivity contribution is -0.125. The number of nitrogens with one attached hydrogen (secondary N) is 1. The lowest BCUT2D eigenvalue weighted by Crippen LogP contribution is -2.50. The third-order valence-corrected chi connectivity index (χ3v) is 5.43. The molecule has 3 aromatic carbocycles. The first-order chi connectivity index (χ1) is 14.6. The molecule has 1 aliphatic heterocycles. The van der Waals surface area contributed by atoms with Gasteiger partial charge in [0.2, 0.25) is 5.91 Å². The zero-order valence-corrected chi connectivity index (χ0v) is 16.7. The largest absolute Gasteiger partial charge is 0.350 e. The smallest absolute Gasteiger partial charge is 0.262 e. The molecule has 3 amide bonds. The van der Waals surface area contributed by atoms with Gasteiger partial charge in [0, 0.05) is 13.0 Å². The molecule has 0 aromatic heterocycles. The van der Waals surface area contributed by atoms with Crippen LogP contribution in [0, 0.1) is 6.92 Å². The van der Waals surface area contributed by atoms with Gasteiger partial charge < -0.3 is 5.32 Å². The number of benzene rings is 3. The number of hydrogen-bond acceptors (Lipinski definition) is 3. The van der Waals surface area contributed by atoms with Gasteiger partial charge in [0.1, 0.15) is 6.04 Å². The van der Waals surface area contributed by atoms with E-state index in [1.807, 2.05) is 61.5 Å². The maximum atomic E-state index is 13.2. The van der Waals surface area contributed by atoms with Crippen molar-refractivity contribution in [1.82, 2.24) is 10.2 Å². The van der Waals surface area contributed by atoms with Crippen molar-refractivity contribution >= 4 is 17.7 Å². The SMILES string of the molecule is Cc1ccccc1CNC(=O)[C@H](Cc1ccccc1)N1C(=O)c2ccccc2C1=O. The molecule has 0 aliphatic carbocycles. The molecular weight excluding hydrogens is 376 g/mol. The maximum absolute atomic E-state index is 13.2. The van der Waals surface area contributed by atoms with E-state index in [9.17, 15) is 14.4 Å². The fourth-order valence-electron chi connectivity index (χ4n) is 3.74. The number of imide groups is 1. The van der Waals surface area contributed by atoms with Gasteiger partial charge in [-0.25, -0.2) is 0 Å². The molecule has 1 atom stereocenters. The van der Waals surface area contributed by atoms with Gasteiger partial charge in [-0.2, -0.15) is 0 Å². The summed E-state index contributed by atoms with van der Waals surface area (Å²) in [6, 6.07) is 23.0. The molecule has 30 heavy (non-hydrogen) atoms. The van der Waals surface area contributed by atoms with E-state index in [0.717, 1.165) is 21.6 Å². The number of nitrogens with zero attached hydrogens (tertiary/aromatic N) is 1. The fraction of sp³-hybridized carbons (Fsp3) is 0.160. The van der Waals surface area contributed by atoms with Gasteiger partial charge in [-0.3, -0.25) is 19.3 Å². The van der Waals surface area contributed by atoms with Crippen molar-refractivity contribution in [1.29, 1.82) is 0 Å². The fourth-order valence-corrected chi connectivity index (χ4v) is 3.74. The van der Waals surface area contributed by atoms with E-state index in [1.165, 1.54) is 0 Å². The van der Waals surface area contributed by atoms with Crippen LogP contribution in [0.15, 0.2) is 78.9 Å². The molecule has 0 unspecified atom stereocenters. The van der Waals surface area contributed by atoms with Gasteiger partial charge in [0.05, 0.1) is 11.1 Å². The first-order valence-corrected chi connectivity index (χ1v) is 9.89. The molecule has 5 heteroatoms. The third-order valence-electron chi connectivity index (χ3n) is 5.43. The van der Waals surface area contributed by atoms with Crippen LogP contribution in [0.25, 0.3) is 0 Å². The van der Waals surface area contributed by atoms with Crippen LogP contribution >= 0.6 is 0 Å². The Morgan fingerprint density at radius 1 is 0.833 bits per heavy atom. The first-order valence-electron chi connectivity index (χ1n) is 9.89. The van der Waals surface area contributed by atoms with E-state index in [0.29, 0.717) is 17.7 Å². The third kappa shape index (κ3) is 3.74. The number of carbonyl (C=O) groups is 3. The van der Waals surface area contributed by atoms with Crippen LogP contribution in [0.4, 0.5) is 0 Å². The van der Waals surface area contributed by atoms with Crippen LogP contribution in [0.1, 0.15) is 37.4 Å². The minimum atomic E-state index is -0.927. The van der Waals surface area contributed by atoms with Gasteiger partial charge >= 0.3 is 0 Å². The number of fused-ring (bicyclic) bond motifs is 1. The minimum absolute atomic E-state index is 0.256. The number of amides is 3. The Morgan fingerprint density at radius 2 is 1.40 bits per heavy atom. The van der Waals surface area contributed by atoms with Crippen LogP contribution in [0.5, 0.6) is 0 Å². The standard InChI is InChI=1S/C25H22N2O3/c1-17-9-5-6-12-19(17)16-26-23(28)22(15-18-10-3-2-4-11-18)27-24(29)20-13-7-8-14-21(20)25(27)30/h2-14,22H,15-16H2,1H3,(H,26,28)/t22-/m0/s1. The van der Waals surface area contributed by atoms with Crippen molar-refractivity contribution in [2.75, 3.05) is 0 Å². The highest BCUT2D eigenvalue weighted by atomic mass is 16.2. The van der Waals surface area contributed by atoms with Crippen LogP contribution in [0.2, 0.25) is 0 Å². The van der Waals surface area contributed by atoms with Crippen LogP contribution in [-0.2, 0) is 17.8 Å². The highest BCUT2D eigenvalue weighted by molar-refractivity contribution is 6.22. The van der Waals surface area contributed by atoms with Crippen LogP contribution in [0.3, 0.4) is 0 Å². The average molecular weight is 398 g/mol. The van der Waals surface area contributed by atoms with Gasteiger partial charge in [-0.05, 0) is 35.7 Å². The molecule has 4 rings (SSSR count). The molecule has 3 aromatic rings. The Labute approximate surface area is 175 Å². The molecule has 0 fully saturated rings. The minimum Gasteiger partial charge on any atom is -0.350 e. The molecule has 150 valence electrons. The lowest BCUT2D eigenvalue weighted by atomic mass is 10.0. The summed E-state index contributed by atoms with van der Waals surface area (Å²) in [6.45, 7) is 2.31. The number of carbonyl (C=O) groups excluding carboxylic acids is 3. The Morgan fingerprint density at radius 3 is 2.03 bits per heavy atom. The Hall–Kier alpha value is -3.73. The zero-order chi connectivity index (χ0) is 21.1. The molecular formula is C25H22N2O3. The average Bonchev–Trinajstić information content (AvgIpc) is 3.02. The Kier molecular flexibility index (Phi) is 5.44. The molecule has 0 bridgehead atoms. The highest BCUT2D eigenvalue weighted by Crippen LogP contribution is 2.26. The van der Waals surface area contributed by atoms with Crippen LogP contribution in [-0.4, -0.2) is 28.7 Å². The molecule has 0 saturated carbocycles. The number of aryl methyl sites for hydroxylation is 1. The monoisotopic (exact) mass is 398 g/mol. The van der Waals surface area contributed by atoms with E-state index in [1.54, 1.807) is 24.3 Å². The summed E-state index contributed by atoms with van der Waals surface area (Å²) in [7, 11) is 0. The maximum Gasteiger partial charge on any atom is 0.262 e. The second-order valence-electron chi connectivity index (χ2n) is 7.38. The molecule has 1 heterocycles. The van der Waals surface area contributed by atoms with E-state index < -0.39 is 17.9 Å². The Balaban J connectivity index is 1.62. The van der Waals surface area contributed by atoms with E-state index in [4.69, 9.17) is 0 Å². The van der Waals surface area contributed by atoms with Crippen molar-refractivity contribution in [3.05, 3.63) is 107 Å². The van der Waals surface area contributed by atoms with Crippen molar-refractivity contribution in [3.63, 3.8) is 0 Å². The van der Waals surface area contributed by atoms with Gasteiger partial charge in [-0.15, -0.1) is 0 Å². The summed E-state index contributed by atoms with van der Waals surface area (Å²) in [5.41, 5.74) is 3.62. The van der Waals surface area contributed by atoms with Gasteiger partial charge in [-0.1, -0.05) is 66.7 Å². The quantitative estimate of drug-likeness (QED) is 0.646. The normalized spacial score (nSPS) is 13.8. The van der Waals surface area contributed by atoms with Crippen molar-refractivity contribution < 1.29 is 14.4 Å². The Bertz CT molecular complexity index is 1070. The summed E-state index contributed by atoms with van der Waals surface area (Å²) >= 11 is 0. The molecule has 5 nitrogen and oxygen atoms in total. The topological polar surface area (TPSA) is 66.5 Å². The molecule has 0 saturated heterocycles. The molecule has 0 spiro atoms. The predicted octanol–water partition coefficient (Wildman–Crippen LogP) is 3.52. The van der Waals surface area contributed by atoms with Crippen molar-refractivity contribution in [2.45, 2.75) is 25.9 Å². The second-order valence-corrected chi connectivity index (χ2v) is 7.38. The summed E-state index contributed by atoms with van der Waals surface area (Å²) in [4.78, 5) is 40.3. The molecule has 1 N–H and O–H groups in total. The molecule has 0 radical (unpaired) electrons. The molecule has 1 aliphatic rings. The number of rotatable bonds is 6. The summed E-state index contributed by atoms with van der Waals surface area (Å²) < 4.78 is 0. The first kappa shape index (κ1) is 19.6. The summed E-state index contributed by atoms with van der Waals surface area (Å²) in [5.74, 6) is -1.21. The predicted molar refractivity (Wildman–Crippen MR) is 114 cm³/mol. The van der Waals surface area contributed by atoms with Crippen molar-refractivity contribution in [2.24, 2.45) is 0 Å². The van der Waals surface area contributed by atoms with Crippen LogP contribution < -0.4 is 5.32 Å². The van der Waals surface area contributed by atoms with Gasteiger partial charge in [0.15, 0.2) is 0 Å². The zero-order valence-electron chi connectivity index (χ0n) is 16.7. The highest BCUT2D eigenvalue weighted by Gasteiger charge is 2.42. The van der Waals surface area contributed by atoms with E-state index >= 15 is 0 Å². The second kappa shape index (κ2) is 8.33. The van der Waals surface area contributed by atoms with Crippen molar-refractivity contribution in [3.8, 4) is 0 Å².